The minimum Gasteiger partial charge on any atom is -0.490 e. The summed E-state index contributed by atoms with van der Waals surface area (Å²) in [5, 5.41) is 0. The van der Waals surface area contributed by atoms with Crippen molar-refractivity contribution in [3.05, 3.63) is 29.8 Å². The van der Waals surface area contributed by atoms with Gasteiger partial charge in [-0.3, -0.25) is 0 Å². The highest BCUT2D eigenvalue weighted by molar-refractivity contribution is 5.89. The highest BCUT2D eigenvalue weighted by Crippen LogP contribution is 2.25. The number of carbonyl (C=O) groups excluding carboxylic acids is 1. The van der Waals surface area contributed by atoms with E-state index in [1.807, 2.05) is 6.07 Å². The molecule has 0 aromatic heterocycles. The molecule has 0 amide bonds. The summed E-state index contributed by atoms with van der Waals surface area (Å²) in [6, 6.07) is 7.32. The standard InChI is InChI=1S/C13H17NO3.ClH/c1-2-16-13(15)9-4-3-5-11(6-9)17-12-7-10(14)8-12;/h3-6,10,12H,2,7-8,14H2,1H3;1H. The van der Waals surface area contributed by atoms with Gasteiger partial charge in [-0.15, -0.1) is 12.4 Å². The first-order valence-corrected chi connectivity index (χ1v) is 5.88. The Hall–Kier alpha value is -1.26. The van der Waals surface area contributed by atoms with Gasteiger partial charge in [0.15, 0.2) is 0 Å². The van der Waals surface area contributed by atoms with Crippen LogP contribution in [0.3, 0.4) is 0 Å². The Labute approximate surface area is 113 Å². The highest BCUT2D eigenvalue weighted by atomic mass is 35.5. The zero-order chi connectivity index (χ0) is 12.3. The molecule has 0 unspecified atom stereocenters. The number of benzene rings is 1. The van der Waals surface area contributed by atoms with E-state index in [0.717, 1.165) is 12.8 Å². The van der Waals surface area contributed by atoms with Crippen LogP contribution in [0.15, 0.2) is 24.3 Å². The lowest BCUT2D eigenvalue weighted by Crippen LogP contribution is -2.43. The fourth-order valence-corrected chi connectivity index (χ4v) is 1.81. The van der Waals surface area contributed by atoms with E-state index in [4.69, 9.17) is 15.2 Å². The van der Waals surface area contributed by atoms with E-state index < -0.39 is 0 Å². The molecule has 0 heterocycles. The number of ether oxygens (including phenoxy) is 2. The summed E-state index contributed by atoms with van der Waals surface area (Å²) in [7, 11) is 0. The van der Waals surface area contributed by atoms with Crippen LogP contribution in [0.1, 0.15) is 30.1 Å². The zero-order valence-corrected chi connectivity index (χ0v) is 11.1. The number of nitrogens with two attached hydrogens (primary N) is 1. The maximum absolute atomic E-state index is 11.5. The van der Waals surface area contributed by atoms with Crippen LogP contribution in [-0.2, 0) is 4.74 Å². The van der Waals surface area contributed by atoms with Crippen molar-refractivity contribution >= 4 is 18.4 Å². The molecular weight excluding hydrogens is 254 g/mol. The molecule has 1 saturated carbocycles. The average molecular weight is 272 g/mol. The molecule has 2 N–H and O–H groups in total. The molecule has 1 aromatic rings. The Balaban J connectivity index is 0.00000162. The van der Waals surface area contributed by atoms with Gasteiger partial charge in [-0.2, -0.15) is 0 Å². The van der Waals surface area contributed by atoms with Gasteiger partial charge in [0.1, 0.15) is 11.9 Å². The first-order valence-electron chi connectivity index (χ1n) is 5.88. The first kappa shape index (κ1) is 14.8. The molecule has 100 valence electrons. The fourth-order valence-electron chi connectivity index (χ4n) is 1.81. The van der Waals surface area contributed by atoms with Crippen molar-refractivity contribution in [1.29, 1.82) is 0 Å². The summed E-state index contributed by atoms with van der Waals surface area (Å²) >= 11 is 0. The molecule has 1 aromatic carbocycles. The molecule has 1 aliphatic rings. The molecule has 5 heteroatoms. The number of esters is 1. The zero-order valence-electron chi connectivity index (χ0n) is 10.3. The molecule has 2 rings (SSSR count). The highest BCUT2D eigenvalue weighted by Gasteiger charge is 2.27. The Kier molecular flexibility index (Phi) is 5.44. The Bertz CT molecular complexity index is 405. The van der Waals surface area contributed by atoms with Gasteiger partial charge in [-0.25, -0.2) is 4.79 Å². The molecule has 4 nitrogen and oxygen atoms in total. The molecule has 0 aliphatic heterocycles. The summed E-state index contributed by atoms with van der Waals surface area (Å²) < 4.78 is 10.6. The SMILES string of the molecule is CCOC(=O)c1cccc(OC2CC(N)C2)c1.Cl. The number of carbonyl (C=O) groups is 1. The monoisotopic (exact) mass is 271 g/mol. The quantitative estimate of drug-likeness (QED) is 0.853. The van der Waals surface area contributed by atoms with Crippen LogP contribution >= 0.6 is 12.4 Å². The molecule has 0 radical (unpaired) electrons. The van der Waals surface area contributed by atoms with Gasteiger partial charge in [0.05, 0.1) is 12.2 Å². The van der Waals surface area contributed by atoms with E-state index in [1.165, 1.54) is 0 Å². The molecule has 18 heavy (non-hydrogen) atoms. The number of rotatable bonds is 4. The van der Waals surface area contributed by atoms with Crippen LogP contribution in [0.25, 0.3) is 0 Å². The smallest absolute Gasteiger partial charge is 0.338 e. The normalized spacial score (nSPS) is 21.4. The Morgan fingerprint density at radius 3 is 2.78 bits per heavy atom. The summed E-state index contributed by atoms with van der Waals surface area (Å²) in [5.41, 5.74) is 6.21. The van der Waals surface area contributed by atoms with Gasteiger partial charge in [0, 0.05) is 6.04 Å². The van der Waals surface area contributed by atoms with Crippen LogP contribution in [0.2, 0.25) is 0 Å². The van der Waals surface area contributed by atoms with Crippen LogP contribution in [0.4, 0.5) is 0 Å². The summed E-state index contributed by atoms with van der Waals surface area (Å²) in [6.07, 6.45) is 1.94. The van der Waals surface area contributed by atoms with Crippen LogP contribution in [0.5, 0.6) is 5.75 Å². The fraction of sp³-hybridized carbons (Fsp3) is 0.462. The Morgan fingerprint density at radius 2 is 2.17 bits per heavy atom. The first-order chi connectivity index (χ1) is 8.19. The topological polar surface area (TPSA) is 61.5 Å². The van der Waals surface area contributed by atoms with Crippen LogP contribution < -0.4 is 10.5 Å². The van der Waals surface area contributed by atoms with Crippen molar-refractivity contribution in [3.8, 4) is 5.75 Å². The van der Waals surface area contributed by atoms with Crippen molar-refractivity contribution in [1.82, 2.24) is 0 Å². The lowest BCUT2D eigenvalue weighted by Gasteiger charge is -2.32. The van der Waals surface area contributed by atoms with E-state index >= 15 is 0 Å². The van der Waals surface area contributed by atoms with Crippen molar-refractivity contribution in [2.75, 3.05) is 6.61 Å². The number of hydrogen-bond acceptors (Lipinski definition) is 4. The van der Waals surface area contributed by atoms with Crippen molar-refractivity contribution in [2.45, 2.75) is 31.9 Å². The Morgan fingerprint density at radius 1 is 1.44 bits per heavy atom. The lowest BCUT2D eigenvalue weighted by atomic mass is 9.90. The molecular formula is C13H18ClNO3. The van der Waals surface area contributed by atoms with E-state index in [-0.39, 0.29) is 30.5 Å². The second-order valence-corrected chi connectivity index (χ2v) is 4.22. The predicted octanol–water partition coefficient (Wildman–Crippen LogP) is 2.15. The van der Waals surface area contributed by atoms with Crippen molar-refractivity contribution in [3.63, 3.8) is 0 Å². The number of hydrogen-bond donors (Lipinski definition) is 1. The van der Waals surface area contributed by atoms with Crippen LogP contribution in [0, 0.1) is 0 Å². The van der Waals surface area contributed by atoms with Crippen LogP contribution in [-0.4, -0.2) is 24.7 Å². The maximum atomic E-state index is 11.5. The van der Waals surface area contributed by atoms with Gasteiger partial charge in [-0.05, 0) is 38.0 Å². The third-order valence-electron chi connectivity index (χ3n) is 2.78. The van der Waals surface area contributed by atoms with E-state index in [0.29, 0.717) is 17.9 Å². The van der Waals surface area contributed by atoms with Gasteiger partial charge in [-0.1, -0.05) is 6.07 Å². The number of halogens is 1. The lowest BCUT2D eigenvalue weighted by molar-refractivity contribution is 0.0524. The summed E-state index contributed by atoms with van der Waals surface area (Å²) in [6.45, 7) is 2.16. The van der Waals surface area contributed by atoms with E-state index in [1.54, 1.807) is 25.1 Å². The molecule has 1 aliphatic carbocycles. The minimum atomic E-state index is -0.316. The minimum absolute atomic E-state index is 0. The van der Waals surface area contributed by atoms with Gasteiger partial charge < -0.3 is 15.2 Å². The van der Waals surface area contributed by atoms with E-state index in [2.05, 4.69) is 0 Å². The summed E-state index contributed by atoms with van der Waals surface area (Å²) in [5.74, 6) is 0.385. The molecule has 0 spiro atoms. The molecule has 0 bridgehead atoms. The van der Waals surface area contributed by atoms with Crippen molar-refractivity contribution in [2.24, 2.45) is 5.73 Å². The van der Waals surface area contributed by atoms with Gasteiger partial charge in [0.2, 0.25) is 0 Å². The predicted molar refractivity (Wildman–Crippen MR) is 71.3 cm³/mol. The van der Waals surface area contributed by atoms with Gasteiger partial charge >= 0.3 is 5.97 Å². The average Bonchev–Trinajstić information content (AvgIpc) is 2.28. The summed E-state index contributed by atoms with van der Waals surface area (Å²) in [4.78, 5) is 11.5. The van der Waals surface area contributed by atoms with Gasteiger partial charge in [0.25, 0.3) is 0 Å². The largest absolute Gasteiger partial charge is 0.490 e. The molecule has 0 saturated heterocycles. The third-order valence-corrected chi connectivity index (χ3v) is 2.78. The molecule has 1 fully saturated rings. The third kappa shape index (κ3) is 3.62. The van der Waals surface area contributed by atoms with E-state index in [9.17, 15) is 4.79 Å². The second kappa shape index (κ2) is 6.61. The second-order valence-electron chi connectivity index (χ2n) is 4.22. The maximum Gasteiger partial charge on any atom is 0.338 e. The molecule has 0 atom stereocenters. The van der Waals surface area contributed by atoms with Crippen molar-refractivity contribution < 1.29 is 14.3 Å².